The molecule has 0 bridgehead atoms. The Labute approximate surface area is 325 Å². The van der Waals surface area contributed by atoms with Gasteiger partial charge in [0.25, 0.3) is 0 Å². The number of Topliss-reactive ketones (excluding diaryl/α,β-unsaturated/α-hetero) is 4. The Morgan fingerprint density at radius 2 is 1.09 bits per heavy atom. The van der Waals surface area contributed by atoms with Gasteiger partial charge in [-0.25, -0.2) is 0 Å². The summed E-state index contributed by atoms with van der Waals surface area (Å²) in [5.74, 6) is -0.735. The number of hydrogen-bond donors (Lipinski definition) is 3. The summed E-state index contributed by atoms with van der Waals surface area (Å²) in [4.78, 5) is 75.3. The molecule has 0 radical (unpaired) electrons. The van der Waals surface area contributed by atoms with Gasteiger partial charge in [0.15, 0.2) is 23.1 Å². The maximum absolute atomic E-state index is 13.4. The summed E-state index contributed by atoms with van der Waals surface area (Å²) < 4.78 is 4.99. The lowest BCUT2D eigenvalue weighted by Gasteiger charge is -2.56. The van der Waals surface area contributed by atoms with Crippen molar-refractivity contribution in [2.45, 2.75) is 118 Å². The SMILES string of the molecule is C.C.COCC(=O)[C@@]1(O)CC[C@H]2[C@@H]3CCC4=CC(=O)C=C[C@]4(C)[C@H]3C(=O)C[C@@]21C.C[C@]12C=CC(=O)C=C1CC[C@@H]1[C@@H]2C(=O)C[C@@]2(C)[C@H]1CC[C@]2(O)C(=O)CO. The molecule has 302 valence electrons. The summed E-state index contributed by atoms with van der Waals surface area (Å²) >= 11 is 0. The maximum Gasteiger partial charge on any atom is 0.190 e. The fourth-order valence-corrected chi connectivity index (χ4v) is 13.4. The number of fused-ring (bicyclic) bond motifs is 10. The first-order valence-corrected chi connectivity index (χ1v) is 19.4. The van der Waals surface area contributed by atoms with E-state index in [0.29, 0.717) is 19.3 Å². The quantitative estimate of drug-likeness (QED) is 0.327. The van der Waals surface area contributed by atoms with Gasteiger partial charge in [0.1, 0.15) is 36.0 Å². The minimum Gasteiger partial charge on any atom is -0.388 e. The van der Waals surface area contributed by atoms with Gasteiger partial charge < -0.3 is 20.1 Å². The predicted molar refractivity (Wildman–Crippen MR) is 206 cm³/mol. The number of rotatable bonds is 5. The molecule has 3 N–H and O–H groups in total. The molecule has 0 amide bonds. The molecule has 0 saturated heterocycles. The lowest BCUT2D eigenvalue weighted by molar-refractivity contribution is -0.169. The second-order valence-corrected chi connectivity index (χ2v) is 18.3. The van der Waals surface area contributed by atoms with Crippen LogP contribution in [0.1, 0.15) is 107 Å². The van der Waals surface area contributed by atoms with Gasteiger partial charge in [-0.05, 0) is 99.3 Å². The third-order valence-corrected chi connectivity index (χ3v) is 16.2. The normalized spacial score (nSPS) is 44.7. The number of carbonyl (C=O) groups is 6. The number of methoxy groups -OCH3 is 1. The predicted octanol–water partition coefficient (Wildman–Crippen LogP) is 5.46. The largest absolute Gasteiger partial charge is 0.388 e. The Morgan fingerprint density at radius 3 is 1.47 bits per heavy atom. The average molecular weight is 763 g/mol. The van der Waals surface area contributed by atoms with Crippen LogP contribution in [0.4, 0.5) is 0 Å². The van der Waals surface area contributed by atoms with E-state index in [2.05, 4.69) is 6.92 Å². The Kier molecular flexibility index (Phi) is 11.2. The van der Waals surface area contributed by atoms with E-state index in [1.54, 1.807) is 24.3 Å². The van der Waals surface area contributed by atoms with Gasteiger partial charge in [0.05, 0.1) is 0 Å². The summed E-state index contributed by atoms with van der Waals surface area (Å²) in [6.45, 7) is 7.04. The van der Waals surface area contributed by atoms with Crippen LogP contribution in [0.25, 0.3) is 0 Å². The van der Waals surface area contributed by atoms with Crippen LogP contribution in [0.2, 0.25) is 0 Å². The number of carbonyl (C=O) groups excluding carboxylic acids is 6. The highest BCUT2D eigenvalue weighted by molar-refractivity contribution is 6.03. The first kappa shape index (κ1) is 43.0. The zero-order valence-electron chi connectivity index (χ0n) is 31.6. The Bertz CT molecular complexity index is 1800. The van der Waals surface area contributed by atoms with Crippen LogP contribution in [0.5, 0.6) is 0 Å². The second kappa shape index (κ2) is 14.3. The second-order valence-electron chi connectivity index (χ2n) is 18.3. The molecule has 8 aliphatic carbocycles. The number of aliphatic hydroxyl groups is 3. The Hall–Kier alpha value is -3.18. The van der Waals surface area contributed by atoms with Gasteiger partial charge >= 0.3 is 0 Å². The van der Waals surface area contributed by atoms with Gasteiger partial charge in [-0.15, -0.1) is 0 Å². The van der Waals surface area contributed by atoms with Gasteiger partial charge in [-0.3, -0.25) is 28.8 Å². The molecule has 6 fully saturated rings. The molecule has 10 nitrogen and oxygen atoms in total. The van der Waals surface area contributed by atoms with Crippen molar-refractivity contribution in [2.24, 2.45) is 57.2 Å². The minimum absolute atomic E-state index is 0. The fourth-order valence-electron chi connectivity index (χ4n) is 13.4. The first-order chi connectivity index (χ1) is 24.8. The molecule has 8 rings (SSSR count). The van der Waals surface area contributed by atoms with Gasteiger partial charge in [-0.2, -0.15) is 0 Å². The number of hydrogen-bond acceptors (Lipinski definition) is 10. The van der Waals surface area contributed by atoms with E-state index in [1.165, 1.54) is 7.11 Å². The van der Waals surface area contributed by atoms with Crippen molar-refractivity contribution >= 4 is 34.7 Å². The third kappa shape index (κ3) is 5.86. The monoisotopic (exact) mass is 762 g/mol. The molecule has 0 aromatic rings. The smallest absolute Gasteiger partial charge is 0.190 e. The van der Waals surface area contributed by atoms with E-state index in [-0.39, 0.29) is 98.7 Å². The van der Waals surface area contributed by atoms with Crippen LogP contribution in [-0.2, 0) is 33.5 Å². The molecule has 0 aromatic carbocycles. The standard InChI is InChI=1S/C22H28O5.C21H26O5.2CH4/c1-20-8-6-14(23)10-13(20)4-5-15-16-7-9-22(26,18(25)12-27-3)21(16,2)11-17(24)19(15)20;1-19-7-5-13(23)9-12(19)3-4-14-15-6-8-21(26,17(25)11-22)20(15,2)10-16(24)18(14)19;;/h6,8,10,15-16,19,26H,4-5,7,9,11-12H2,1-3H3;5,7,9,14-15,18,22,26H,3-4,6,8,10-11H2,1-2H3;2*1H4/t15-,16-,19+,20-,21-,22-;14-,15-,18+,19-,20-,21-;;/m00../s1. The fraction of sp³-hybridized carbons (Fsp3) is 0.689. The number of allylic oxidation sites excluding steroid dienone is 8. The number of ether oxygens (including phenoxy) is 1. The number of aliphatic hydroxyl groups excluding tert-OH is 1. The molecule has 6 saturated carbocycles. The van der Waals surface area contributed by atoms with E-state index in [1.807, 2.05) is 32.9 Å². The topological polar surface area (TPSA) is 172 Å². The first-order valence-electron chi connectivity index (χ1n) is 19.4. The molecular formula is C45H62O10. The van der Waals surface area contributed by atoms with Crippen LogP contribution < -0.4 is 0 Å². The minimum atomic E-state index is -1.62. The molecule has 10 heteroatoms. The molecule has 0 spiro atoms. The summed E-state index contributed by atoms with van der Waals surface area (Å²) in [7, 11) is 1.45. The molecule has 0 unspecified atom stereocenters. The van der Waals surface area contributed by atoms with Crippen molar-refractivity contribution in [1.82, 2.24) is 0 Å². The molecule has 0 aliphatic heterocycles. The molecule has 12 atom stereocenters. The molecule has 0 aromatic heterocycles. The van der Waals surface area contributed by atoms with E-state index < -0.39 is 45.3 Å². The van der Waals surface area contributed by atoms with E-state index in [9.17, 15) is 44.1 Å². The summed E-state index contributed by atoms with van der Waals surface area (Å²) in [5, 5.41) is 31.8. The van der Waals surface area contributed by atoms with Crippen LogP contribution in [0, 0.1) is 57.2 Å². The highest BCUT2D eigenvalue weighted by atomic mass is 16.5. The van der Waals surface area contributed by atoms with Crippen molar-refractivity contribution in [1.29, 1.82) is 0 Å². The highest BCUT2D eigenvalue weighted by Gasteiger charge is 2.69. The number of ketones is 6. The average Bonchev–Trinajstić information content (AvgIpc) is 3.54. The molecule has 8 aliphatic rings. The van der Waals surface area contributed by atoms with Crippen LogP contribution in [-0.4, -0.2) is 81.5 Å². The summed E-state index contributed by atoms with van der Waals surface area (Å²) in [5.41, 5.74) is -3.47. The van der Waals surface area contributed by atoms with Crippen molar-refractivity contribution in [3.63, 3.8) is 0 Å². The van der Waals surface area contributed by atoms with E-state index in [4.69, 9.17) is 4.74 Å². The van der Waals surface area contributed by atoms with Gasteiger partial charge in [-0.1, -0.05) is 65.8 Å². The zero-order chi connectivity index (χ0) is 38.5. The summed E-state index contributed by atoms with van der Waals surface area (Å²) in [6, 6.07) is 0. The molecule has 0 heterocycles. The zero-order valence-corrected chi connectivity index (χ0v) is 31.6. The molecule has 55 heavy (non-hydrogen) atoms. The lowest BCUT2D eigenvalue weighted by atomic mass is 9.46. The van der Waals surface area contributed by atoms with E-state index in [0.717, 1.165) is 43.3 Å². The van der Waals surface area contributed by atoms with Crippen LogP contribution in [0.15, 0.2) is 47.6 Å². The van der Waals surface area contributed by atoms with Crippen molar-refractivity contribution in [2.75, 3.05) is 20.3 Å². The van der Waals surface area contributed by atoms with Crippen LogP contribution in [0.3, 0.4) is 0 Å². The van der Waals surface area contributed by atoms with Gasteiger partial charge in [0, 0.05) is 53.4 Å². The van der Waals surface area contributed by atoms with E-state index >= 15 is 0 Å². The third-order valence-electron chi connectivity index (χ3n) is 16.2. The Morgan fingerprint density at radius 1 is 0.691 bits per heavy atom. The molecular weight excluding hydrogens is 700 g/mol. The van der Waals surface area contributed by atoms with Crippen LogP contribution >= 0.6 is 0 Å². The Balaban J connectivity index is 0.000000204. The van der Waals surface area contributed by atoms with Crippen molar-refractivity contribution < 1.29 is 48.8 Å². The van der Waals surface area contributed by atoms with Crippen molar-refractivity contribution in [3.05, 3.63) is 47.6 Å². The lowest BCUT2D eigenvalue weighted by Crippen LogP contribution is -2.60. The highest BCUT2D eigenvalue weighted by Crippen LogP contribution is 2.67. The van der Waals surface area contributed by atoms with Crippen molar-refractivity contribution in [3.8, 4) is 0 Å². The summed E-state index contributed by atoms with van der Waals surface area (Å²) in [6.07, 6.45) is 16.0. The van der Waals surface area contributed by atoms with Gasteiger partial charge in [0.2, 0.25) is 0 Å². The maximum atomic E-state index is 13.4.